The number of nitrogens with one attached hydrogen (secondary N) is 1. The smallest absolute Gasteiger partial charge is 0.338 e. The van der Waals surface area contributed by atoms with Gasteiger partial charge in [-0.15, -0.1) is 0 Å². The first-order valence-corrected chi connectivity index (χ1v) is 13.5. The van der Waals surface area contributed by atoms with Gasteiger partial charge in [0.05, 0.1) is 24.6 Å². The number of carbonyl (C=O) groups is 2. The molecule has 0 aliphatic carbocycles. The minimum Gasteiger partial charge on any atom is -0.462 e. The zero-order chi connectivity index (χ0) is 27.1. The van der Waals surface area contributed by atoms with Crippen LogP contribution in [0.4, 0.5) is 5.69 Å². The van der Waals surface area contributed by atoms with Crippen LogP contribution in [-0.2, 0) is 21.5 Å². The summed E-state index contributed by atoms with van der Waals surface area (Å²) in [5, 5.41) is 7.15. The van der Waals surface area contributed by atoms with Gasteiger partial charge in [-0.3, -0.25) is 9.69 Å². The van der Waals surface area contributed by atoms with Crippen LogP contribution in [0.25, 0.3) is 11.4 Å². The third-order valence-corrected chi connectivity index (χ3v) is 6.83. The van der Waals surface area contributed by atoms with Crippen molar-refractivity contribution in [2.24, 2.45) is 5.92 Å². The molecule has 0 radical (unpaired) electrons. The standard InChI is InChI=1S/C30H38N4O4/c1-5-6-18-37-29(36)22-11-15-25(16-12-22)31-28(35)23-8-7-17-34(19-23)20-26-32-27(33-38-26)21-9-13-24(14-10-21)30(2,3)4/h9-16,23H,5-8,17-20H2,1-4H3,(H,31,35). The van der Waals surface area contributed by atoms with Crippen LogP contribution in [0.1, 0.15) is 75.2 Å². The van der Waals surface area contributed by atoms with Crippen molar-refractivity contribution in [1.29, 1.82) is 0 Å². The number of nitrogens with zero attached hydrogens (tertiary/aromatic N) is 3. The van der Waals surface area contributed by atoms with Gasteiger partial charge in [0.15, 0.2) is 0 Å². The SMILES string of the molecule is CCCCOC(=O)c1ccc(NC(=O)C2CCCN(Cc3nc(-c4ccc(C(C)(C)C)cc4)no3)C2)cc1. The summed E-state index contributed by atoms with van der Waals surface area (Å²) in [5.74, 6) is 0.602. The van der Waals surface area contributed by atoms with Gasteiger partial charge < -0.3 is 14.6 Å². The number of likely N-dealkylation sites (tertiary alicyclic amines) is 1. The van der Waals surface area contributed by atoms with Gasteiger partial charge >= 0.3 is 5.97 Å². The normalized spacial score (nSPS) is 16.3. The maximum absolute atomic E-state index is 13.0. The highest BCUT2D eigenvalue weighted by atomic mass is 16.5. The molecule has 0 saturated carbocycles. The molecule has 0 spiro atoms. The molecule has 202 valence electrons. The van der Waals surface area contributed by atoms with E-state index in [1.54, 1.807) is 24.3 Å². The Balaban J connectivity index is 1.29. The molecule has 1 aromatic heterocycles. The molecule has 2 aromatic carbocycles. The Labute approximate surface area is 224 Å². The molecule has 2 heterocycles. The van der Waals surface area contributed by atoms with Gasteiger partial charge in [-0.1, -0.05) is 63.5 Å². The van der Waals surface area contributed by atoms with Gasteiger partial charge in [0.1, 0.15) is 0 Å². The van der Waals surface area contributed by atoms with Gasteiger partial charge in [0.2, 0.25) is 17.6 Å². The number of carbonyl (C=O) groups excluding carboxylic acids is 2. The number of unbranched alkanes of at least 4 members (excludes halogenated alkanes) is 1. The van der Waals surface area contributed by atoms with Crippen LogP contribution < -0.4 is 5.32 Å². The van der Waals surface area contributed by atoms with Crippen molar-refractivity contribution >= 4 is 17.6 Å². The molecule has 1 N–H and O–H groups in total. The average Bonchev–Trinajstić information content (AvgIpc) is 3.37. The number of benzene rings is 2. The molecule has 1 amide bonds. The Morgan fingerprint density at radius 2 is 1.84 bits per heavy atom. The van der Waals surface area contributed by atoms with Crippen molar-refractivity contribution in [2.75, 3.05) is 25.0 Å². The lowest BCUT2D eigenvalue weighted by Gasteiger charge is -2.30. The van der Waals surface area contributed by atoms with Crippen molar-refractivity contribution in [3.05, 3.63) is 65.5 Å². The maximum atomic E-state index is 13.0. The summed E-state index contributed by atoms with van der Waals surface area (Å²) in [6.45, 7) is 11.0. The molecule has 8 heteroatoms. The molecule has 38 heavy (non-hydrogen) atoms. The first-order valence-electron chi connectivity index (χ1n) is 13.5. The van der Waals surface area contributed by atoms with E-state index >= 15 is 0 Å². The summed E-state index contributed by atoms with van der Waals surface area (Å²) in [4.78, 5) is 31.8. The average molecular weight is 519 g/mol. The van der Waals surface area contributed by atoms with Crippen molar-refractivity contribution in [3.63, 3.8) is 0 Å². The summed E-state index contributed by atoms with van der Waals surface area (Å²) in [6.07, 6.45) is 3.55. The van der Waals surface area contributed by atoms with Crippen molar-refractivity contribution in [3.8, 4) is 11.4 Å². The topological polar surface area (TPSA) is 97.6 Å². The van der Waals surface area contributed by atoms with E-state index in [1.807, 2.05) is 19.1 Å². The van der Waals surface area contributed by atoms with Crippen LogP contribution in [0.3, 0.4) is 0 Å². The first kappa shape index (κ1) is 27.5. The number of esters is 1. The summed E-state index contributed by atoms with van der Waals surface area (Å²) >= 11 is 0. The molecule has 1 aliphatic heterocycles. The van der Waals surface area contributed by atoms with Crippen LogP contribution in [0.2, 0.25) is 0 Å². The predicted octanol–water partition coefficient (Wildman–Crippen LogP) is 5.84. The second-order valence-electron chi connectivity index (χ2n) is 11.0. The lowest BCUT2D eigenvalue weighted by Crippen LogP contribution is -2.40. The second-order valence-corrected chi connectivity index (χ2v) is 11.0. The molecule has 8 nitrogen and oxygen atoms in total. The third-order valence-electron chi connectivity index (χ3n) is 6.83. The second kappa shape index (κ2) is 12.3. The largest absolute Gasteiger partial charge is 0.462 e. The van der Waals surface area contributed by atoms with Crippen LogP contribution >= 0.6 is 0 Å². The molecule has 1 saturated heterocycles. The number of anilines is 1. The van der Waals surface area contributed by atoms with Crippen molar-refractivity contribution < 1.29 is 18.8 Å². The van der Waals surface area contributed by atoms with Crippen LogP contribution in [0.15, 0.2) is 53.1 Å². The van der Waals surface area contributed by atoms with Gasteiger partial charge in [0.25, 0.3) is 0 Å². The van der Waals surface area contributed by atoms with Gasteiger partial charge in [0, 0.05) is 17.8 Å². The number of aromatic nitrogens is 2. The highest BCUT2D eigenvalue weighted by Gasteiger charge is 2.27. The molecule has 1 unspecified atom stereocenters. The van der Waals surface area contributed by atoms with E-state index in [1.165, 1.54) is 5.56 Å². The van der Waals surface area contributed by atoms with Crippen molar-refractivity contribution in [2.45, 2.75) is 65.3 Å². The minimum absolute atomic E-state index is 0.0295. The molecule has 1 aliphatic rings. The maximum Gasteiger partial charge on any atom is 0.338 e. The Kier molecular flexibility index (Phi) is 8.94. The van der Waals surface area contributed by atoms with E-state index in [0.717, 1.165) is 37.8 Å². The fourth-order valence-electron chi connectivity index (χ4n) is 4.49. The Morgan fingerprint density at radius 3 is 2.53 bits per heavy atom. The lowest BCUT2D eigenvalue weighted by atomic mass is 9.87. The molecule has 1 fully saturated rings. The van der Waals surface area contributed by atoms with Gasteiger partial charge in [-0.05, 0) is 61.1 Å². The molecular weight excluding hydrogens is 480 g/mol. The minimum atomic E-state index is -0.342. The van der Waals surface area contributed by atoms with Gasteiger partial charge in [-0.2, -0.15) is 4.98 Å². The summed E-state index contributed by atoms with van der Waals surface area (Å²) < 4.78 is 10.8. The third kappa shape index (κ3) is 7.28. The molecular formula is C30H38N4O4. The molecule has 4 rings (SSSR count). The van der Waals surface area contributed by atoms with E-state index in [4.69, 9.17) is 9.26 Å². The highest BCUT2D eigenvalue weighted by molar-refractivity contribution is 5.94. The van der Waals surface area contributed by atoms with Crippen LogP contribution in [0, 0.1) is 5.92 Å². The van der Waals surface area contributed by atoms with Crippen LogP contribution in [0.5, 0.6) is 0 Å². The zero-order valence-electron chi connectivity index (χ0n) is 22.8. The van der Waals surface area contributed by atoms with E-state index < -0.39 is 0 Å². The first-order chi connectivity index (χ1) is 18.2. The fraction of sp³-hybridized carbons (Fsp3) is 0.467. The molecule has 3 aromatic rings. The van der Waals surface area contributed by atoms with Crippen LogP contribution in [-0.4, -0.2) is 46.6 Å². The number of piperidine rings is 1. The van der Waals surface area contributed by atoms with E-state index in [9.17, 15) is 9.59 Å². The number of hydrogen-bond donors (Lipinski definition) is 1. The molecule has 1 atom stereocenters. The monoisotopic (exact) mass is 518 g/mol. The Bertz CT molecular complexity index is 1210. The summed E-state index contributed by atoms with van der Waals surface area (Å²) in [7, 11) is 0. The number of hydrogen-bond acceptors (Lipinski definition) is 7. The lowest BCUT2D eigenvalue weighted by molar-refractivity contribution is -0.121. The zero-order valence-corrected chi connectivity index (χ0v) is 22.8. The quantitative estimate of drug-likeness (QED) is 0.281. The van der Waals surface area contributed by atoms with Crippen molar-refractivity contribution in [1.82, 2.24) is 15.0 Å². The van der Waals surface area contributed by atoms with E-state index in [2.05, 4.69) is 53.3 Å². The Hall–Kier alpha value is -3.52. The number of ether oxygens (including phenoxy) is 1. The van der Waals surface area contributed by atoms with Gasteiger partial charge in [-0.25, -0.2) is 4.79 Å². The summed E-state index contributed by atoms with van der Waals surface area (Å²) in [5.41, 5.74) is 3.40. The Morgan fingerprint density at radius 1 is 1.11 bits per heavy atom. The summed E-state index contributed by atoms with van der Waals surface area (Å²) in [6, 6.07) is 15.1. The number of amides is 1. The molecule has 0 bridgehead atoms. The fourth-order valence-corrected chi connectivity index (χ4v) is 4.49. The predicted molar refractivity (Wildman–Crippen MR) is 147 cm³/mol. The van der Waals surface area contributed by atoms with E-state index in [-0.39, 0.29) is 23.2 Å². The number of rotatable bonds is 9. The van der Waals surface area contributed by atoms with E-state index in [0.29, 0.717) is 42.7 Å². The highest BCUT2D eigenvalue weighted by Crippen LogP contribution is 2.26.